The van der Waals surface area contributed by atoms with E-state index < -0.39 is 5.97 Å². The SMILES string of the molecule is CCCCCCCCCCCCCCCCCCCC(=O)N[C@H]1CC[C@@]2(C)[C@H](CC[C@@H]3[C@@H]2CC[C@]2(C)[C@@H]([C@H](C)CCCC(=O)O)CC[C@@H]32)C1. The smallest absolute Gasteiger partial charge is 0.303 e. The molecule has 0 aliphatic heterocycles. The van der Waals surface area contributed by atoms with Gasteiger partial charge >= 0.3 is 5.97 Å². The molecule has 0 aromatic carbocycles. The van der Waals surface area contributed by atoms with Crippen molar-refractivity contribution in [3.05, 3.63) is 0 Å². The Kier molecular flexibility index (Phi) is 17.3. The van der Waals surface area contributed by atoms with Gasteiger partial charge in [-0.15, -0.1) is 0 Å². The minimum Gasteiger partial charge on any atom is -0.481 e. The highest BCUT2D eigenvalue weighted by molar-refractivity contribution is 5.76. The number of carbonyl (C=O) groups is 2. The van der Waals surface area contributed by atoms with Gasteiger partial charge in [0.05, 0.1) is 0 Å². The first kappa shape index (κ1) is 40.7. The van der Waals surface area contributed by atoms with Crippen LogP contribution in [0, 0.1) is 46.3 Å². The zero-order chi connectivity index (χ0) is 35.1. The van der Waals surface area contributed by atoms with E-state index in [9.17, 15) is 9.59 Å². The van der Waals surface area contributed by atoms with Crippen LogP contribution in [0.2, 0.25) is 0 Å². The third-order valence-corrected chi connectivity index (χ3v) is 15.3. The fourth-order valence-electron chi connectivity index (χ4n) is 12.5. The van der Waals surface area contributed by atoms with Crippen LogP contribution in [0.15, 0.2) is 0 Å². The molecule has 0 aromatic rings. The van der Waals surface area contributed by atoms with Crippen molar-refractivity contribution >= 4 is 11.9 Å². The maximum Gasteiger partial charge on any atom is 0.303 e. The number of rotatable bonds is 24. The lowest BCUT2D eigenvalue weighted by Gasteiger charge is -2.61. The molecular weight excluding hydrogens is 602 g/mol. The van der Waals surface area contributed by atoms with Gasteiger partial charge < -0.3 is 10.4 Å². The largest absolute Gasteiger partial charge is 0.481 e. The molecule has 284 valence electrons. The summed E-state index contributed by atoms with van der Waals surface area (Å²) in [5, 5.41) is 12.6. The molecule has 4 nitrogen and oxygen atoms in total. The predicted molar refractivity (Wildman–Crippen MR) is 207 cm³/mol. The number of amides is 1. The van der Waals surface area contributed by atoms with Crippen LogP contribution < -0.4 is 5.32 Å². The molecule has 0 heterocycles. The van der Waals surface area contributed by atoms with Crippen molar-refractivity contribution in [1.29, 1.82) is 0 Å². The van der Waals surface area contributed by atoms with E-state index in [1.807, 2.05) is 0 Å². The summed E-state index contributed by atoms with van der Waals surface area (Å²) >= 11 is 0. The molecule has 4 heteroatoms. The quantitative estimate of drug-likeness (QED) is 0.0995. The zero-order valence-electron chi connectivity index (χ0n) is 33.0. The van der Waals surface area contributed by atoms with Crippen molar-refractivity contribution < 1.29 is 14.7 Å². The number of hydrogen-bond donors (Lipinski definition) is 2. The van der Waals surface area contributed by atoms with Crippen LogP contribution in [0.4, 0.5) is 0 Å². The average molecular weight is 684 g/mol. The molecule has 2 N–H and O–H groups in total. The van der Waals surface area contributed by atoms with Gasteiger partial charge in [0.15, 0.2) is 0 Å². The third kappa shape index (κ3) is 11.7. The Morgan fingerprint density at radius 1 is 0.653 bits per heavy atom. The number of aliphatic carboxylic acids is 1. The second-order valence-corrected chi connectivity index (χ2v) is 18.6. The Balaban J connectivity index is 1.05. The molecule has 4 rings (SSSR count). The van der Waals surface area contributed by atoms with Gasteiger partial charge in [-0.25, -0.2) is 0 Å². The lowest BCUT2D eigenvalue weighted by molar-refractivity contribution is -0.137. The fourth-order valence-corrected chi connectivity index (χ4v) is 12.5. The standard InChI is InChI=1S/C45H81NO3/c1-5-6-7-8-9-10-11-12-13-14-15-16-17-18-19-20-21-24-42(47)46-37-30-32-44(3)36(34-37)26-27-38-40-29-28-39(35(2)23-22-25-43(48)49)45(40,4)33-31-41(38)44/h35-41H,5-34H2,1-4H3,(H,46,47)(H,48,49)/t35-,36-,37+,38+,39-,40+,41+,44+,45-/m1/s1. The van der Waals surface area contributed by atoms with Gasteiger partial charge in [-0.3, -0.25) is 9.59 Å². The summed E-state index contributed by atoms with van der Waals surface area (Å²) in [5.74, 6) is 4.43. The Bertz CT molecular complexity index is 965. The molecule has 9 atom stereocenters. The van der Waals surface area contributed by atoms with E-state index in [1.54, 1.807) is 0 Å². The molecule has 1 amide bonds. The lowest BCUT2D eigenvalue weighted by atomic mass is 9.44. The minimum absolute atomic E-state index is 0.311. The van der Waals surface area contributed by atoms with Crippen molar-refractivity contribution in [2.24, 2.45) is 46.3 Å². The van der Waals surface area contributed by atoms with Gasteiger partial charge in [0.2, 0.25) is 5.91 Å². The van der Waals surface area contributed by atoms with Gasteiger partial charge in [0, 0.05) is 18.9 Å². The van der Waals surface area contributed by atoms with E-state index in [-0.39, 0.29) is 0 Å². The third-order valence-electron chi connectivity index (χ3n) is 15.3. The van der Waals surface area contributed by atoms with E-state index in [2.05, 4.69) is 33.0 Å². The Morgan fingerprint density at radius 2 is 1.20 bits per heavy atom. The number of carboxylic acid groups (broad SMARTS) is 1. The number of fused-ring (bicyclic) bond motifs is 5. The Morgan fingerprint density at radius 3 is 1.80 bits per heavy atom. The van der Waals surface area contributed by atoms with Gasteiger partial charge in [-0.1, -0.05) is 130 Å². The summed E-state index contributed by atoms with van der Waals surface area (Å²) in [6.07, 6.45) is 38.3. The van der Waals surface area contributed by atoms with E-state index in [0.29, 0.717) is 35.1 Å². The predicted octanol–water partition coefficient (Wildman–Crippen LogP) is 13.1. The highest BCUT2D eigenvalue weighted by Crippen LogP contribution is 2.68. The lowest BCUT2D eigenvalue weighted by Crippen LogP contribution is -2.55. The average Bonchev–Trinajstić information content (AvgIpc) is 3.43. The zero-order valence-corrected chi connectivity index (χ0v) is 33.0. The first-order chi connectivity index (χ1) is 23.7. The molecule has 4 fully saturated rings. The number of unbranched alkanes of at least 4 members (excludes halogenated alkanes) is 16. The summed E-state index contributed by atoms with van der Waals surface area (Å²) < 4.78 is 0. The van der Waals surface area contributed by atoms with Crippen molar-refractivity contribution in [2.45, 2.75) is 226 Å². The molecular formula is C45H81NO3. The molecule has 0 saturated heterocycles. The van der Waals surface area contributed by atoms with Crippen LogP contribution in [0.5, 0.6) is 0 Å². The van der Waals surface area contributed by atoms with E-state index in [1.165, 1.54) is 161 Å². The summed E-state index contributed by atoms with van der Waals surface area (Å²) in [6, 6.07) is 0.393. The monoisotopic (exact) mass is 684 g/mol. The first-order valence-electron chi connectivity index (χ1n) is 22.2. The molecule has 4 saturated carbocycles. The molecule has 0 unspecified atom stereocenters. The molecule has 0 bridgehead atoms. The van der Waals surface area contributed by atoms with Crippen LogP contribution in [-0.2, 0) is 9.59 Å². The highest BCUT2D eigenvalue weighted by atomic mass is 16.4. The minimum atomic E-state index is -0.645. The molecule has 0 aromatic heterocycles. The fraction of sp³-hybridized carbons (Fsp3) is 0.956. The van der Waals surface area contributed by atoms with E-state index >= 15 is 0 Å². The number of nitrogens with one attached hydrogen (secondary N) is 1. The van der Waals surface area contributed by atoms with Gasteiger partial charge in [0.25, 0.3) is 0 Å². The number of carbonyl (C=O) groups excluding carboxylic acids is 1. The topological polar surface area (TPSA) is 66.4 Å². The van der Waals surface area contributed by atoms with E-state index in [0.717, 1.165) is 55.3 Å². The van der Waals surface area contributed by atoms with Crippen molar-refractivity contribution in [3.63, 3.8) is 0 Å². The van der Waals surface area contributed by atoms with Crippen molar-refractivity contribution in [1.82, 2.24) is 5.32 Å². The normalized spacial score (nSPS) is 33.0. The molecule has 4 aliphatic carbocycles. The van der Waals surface area contributed by atoms with Crippen LogP contribution >= 0.6 is 0 Å². The Hall–Kier alpha value is -1.06. The Labute approximate surface area is 303 Å². The van der Waals surface area contributed by atoms with Crippen LogP contribution in [0.3, 0.4) is 0 Å². The molecule has 0 spiro atoms. The van der Waals surface area contributed by atoms with Gasteiger partial charge in [-0.05, 0) is 123 Å². The van der Waals surface area contributed by atoms with Crippen LogP contribution in [-0.4, -0.2) is 23.0 Å². The number of carboxylic acids is 1. The van der Waals surface area contributed by atoms with Crippen molar-refractivity contribution in [2.75, 3.05) is 0 Å². The molecule has 49 heavy (non-hydrogen) atoms. The summed E-state index contributed by atoms with van der Waals surface area (Å²) in [5.41, 5.74) is 0.898. The maximum absolute atomic E-state index is 12.9. The van der Waals surface area contributed by atoms with Gasteiger partial charge in [-0.2, -0.15) is 0 Å². The summed E-state index contributed by atoms with van der Waals surface area (Å²) in [4.78, 5) is 24.0. The van der Waals surface area contributed by atoms with Crippen LogP contribution in [0.25, 0.3) is 0 Å². The number of hydrogen-bond acceptors (Lipinski definition) is 2. The molecule has 4 aliphatic rings. The summed E-state index contributed by atoms with van der Waals surface area (Å²) in [6.45, 7) is 9.98. The van der Waals surface area contributed by atoms with Gasteiger partial charge in [0.1, 0.15) is 0 Å². The van der Waals surface area contributed by atoms with E-state index in [4.69, 9.17) is 5.11 Å². The maximum atomic E-state index is 12.9. The summed E-state index contributed by atoms with van der Waals surface area (Å²) in [7, 11) is 0. The second kappa shape index (κ2) is 20.8. The highest BCUT2D eigenvalue weighted by Gasteiger charge is 2.60. The van der Waals surface area contributed by atoms with Crippen LogP contribution in [0.1, 0.15) is 220 Å². The second-order valence-electron chi connectivity index (χ2n) is 18.6. The van der Waals surface area contributed by atoms with Crippen molar-refractivity contribution in [3.8, 4) is 0 Å². The first-order valence-corrected chi connectivity index (χ1v) is 22.2. The molecule has 0 radical (unpaired) electrons.